The number of hydrogen-bond acceptors (Lipinski definition) is 5. The molecule has 1 N–H and O–H groups in total. The lowest BCUT2D eigenvalue weighted by atomic mass is 10.1. The van der Waals surface area contributed by atoms with Crippen LogP contribution in [-0.4, -0.2) is 31.9 Å². The SMILES string of the molecule is COc1ccc(CC(=O)N/N=C(/C)c2ccc3c(c2)OCCO3)cc1. The number of methoxy groups -OCH3 is 1. The number of ether oxygens (including phenoxy) is 3. The highest BCUT2D eigenvalue weighted by atomic mass is 16.6. The van der Waals surface area contributed by atoms with Crippen molar-refractivity contribution < 1.29 is 19.0 Å². The predicted molar refractivity (Wildman–Crippen MR) is 94.5 cm³/mol. The number of hydrogen-bond donors (Lipinski definition) is 1. The van der Waals surface area contributed by atoms with E-state index in [1.807, 2.05) is 49.4 Å². The van der Waals surface area contributed by atoms with Gasteiger partial charge in [-0.05, 0) is 42.8 Å². The zero-order valence-electron chi connectivity index (χ0n) is 14.2. The zero-order valence-corrected chi connectivity index (χ0v) is 14.2. The Bertz CT molecular complexity index is 785. The van der Waals surface area contributed by atoms with Crippen LogP contribution in [0.25, 0.3) is 0 Å². The first-order valence-electron chi connectivity index (χ1n) is 8.02. The lowest BCUT2D eigenvalue weighted by molar-refractivity contribution is -0.120. The quantitative estimate of drug-likeness (QED) is 0.671. The number of rotatable bonds is 5. The molecule has 25 heavy (non-hydrogen) atoms. The van der Waals surface area contributed by atoms with Crippen molar-refractivity contribution in [2.45, 2.75) is 13.3 Å². The third-order valence-corrected chi connectivity index (χ3v) is 3.83. The van der Waals surface area contributed by atoms with Gasteiger partial charge >= 0.3 is 0 Å². The van der Waals surface area contributed by atoms with Crippen LogP contribution in [-0.2, 0) is 11.2 Å². The van der Waals surface area contributed by atoms with E-state index in [0.717, 1.165) is 22.6 Å². The van der Waals surface area contributed by atoms with Crippen molar-refractivity contribution in [3.8, 4) is 17.2 Å². The minimum atomic E-state index is -0.179. The standard InChI is InChI=1S/C19H20N2O4/c1-13(15-5-8-17-18(12-15)25-10-9-24-17)20-21-19(22)11-14-3-6-16(23-2)7-4-14/h3-8,12H,9-11H2,1-2H3,(H,21,22)/b20-13-. The lowest BCUT2D eigenvalue weighted by Gasteiger charge is -2.18. The molecule has 1 aliphatic rings. The van der Waals surface area contributed by atoms with Crippen molar-refractivity contribution >= 4 is 11.6 Å². The van der Waals surface area contributed by atoms with Crippen molar-refractivity contribution in [2.75, 3.05) is 20.3 Å². The molecule has 0 saturated heterocycles. The molecule has 0 saturated carbocycles. The van der Waals surface area contributed by atoms with Crippen LogP contribution in [0, 0.1) is 0 Å². The summed E-state index contributed by atoms with van der Waals surface area (Å²) in [7, 11) is 1.61. The molecule has 1 aliphatic heterocycles. The van der Waals surface area contributed by atoms with Gasteiger partial charge in [0.1, 0.15) is 19.0 Å². The van der Waals surface area contributed by atoms with E-state index in [-0.39, 0.29) is 12.3 Å². The molecule has 2 aromatic carbocycles. The van der Waals surface area contributed by atoms with Crippen LogP contribution >= 0.6 is 0 Å². The third-order valence-electron chi connectivity index (χ3n) is 3.83. The second-order valence-electron chi connectivity index (χ2n) is 5.62. The Morgan fingerprint density at radius 1 is 1.12 bits per heavy atom. The first kappa shape index (κ1) is 16.8. The average Bonchev–Trinajstić information content (AvgIpc) is 2.66. The summed E-state index contributed by atoms with van der Waals surface area (Å²) >= 11 is 0. The van der Waals surface area contributed by atoms with Gasteiger partial charge in [0.2, 0.25) is 5.91 Å². The molecule has 1 heterocycles. The molecule has 0 radical (unpaired) electrons. The maximum Gasteiger partial charge on any atom is 0.244 e. The van der Waals surface area contributed by atoms with Gasteiger partial charge in [0.25, 0.3) is 0 Å². The van der Waals surface area contributed by atoms with Gasteiger partial charge in [-0.25, -0.2) is 5.43 Å². The van der Waals surface area contributed by atoms with Gasteiger partial charge in [-0.15, -0.1) is 0 Å². The van der Waals surface area contributed by atoms with E-state index in [1.54, 1.807) is 7.11 Å². The van der Waals surface area contributed by atoms with E-state index >= 15 is 0 Å². The number of hydrazone groups is 1. The number of amides is 1. The largest absolute Gasteiger partial charge is 0.497 e. The summed E-state index contributed by atoms with van der Waals surface area (Å²) in [4.78, 5) is 12.0. The van der Waals surface area contributed by atoms with E-state index in [4.69, 9.17) is 14.2 Å². The Hall–Kier alpha value is -3.02. The molecule has 0 unspecified atom stereocenters. The molecule has 3 rings (SSSR count). The number of fused-ring (bicyclic) bond motifs is 1. The Morgan fingerprint density at radius 2 is 1.84 bits per heavy atom. The maximum absolute atomic E-state index is 12.0. The normalized spacial score (nSPS) is 13.3. The fourth-order valence-corrected chi connectivity index (χ4v) is 2.45. The average molecular weight is 340 g/mol. The smallest absolute Gasteiger partial charge is 0.244 e. The zero-order chi connectivity index (χ0) is 17.6. The number of carbonyl (C=O) groups excluding carboxylic acids is 1. The lowest BCUT2D eigenvalue weighted by Crippen LogP contribution is -2.21. The van der Waals surface area contributed by atoms with Crippen LogP contribution in [0.3, 0.4) is 0 Å². The summed E-state index contributed by atoms with van der Waals surface area (Å²) in [6.45, 7) is 2.92. The first-order chi connectivity index (χ1) is 12.2. The predicted octanol–water partition coefficient (Wildman–Crippen LogP) is 2.55. The molecule has 0 bridgehead atoms. The fourth-order valence-electron chi connectivity index (χ4n) is 2.45. The van der Waals surface area contributed by atoms with Gasteiger partial charge in [0, 0.05) is 5.56 Å². The fraction of sp³-hybridized carbons (Fsp3) is 0.263. The van der Waals surface area contributed by atoms with Crippen LogP contribution in [0.1, 0.15) is 18.1 Å². The van der Waals surface area contributed by atoms with Crippen LogP contribution in [0.15, 0.2) is 47.6 Å². The van der Waals surface area contributed by atoms with Gasteiger partial charge in [-0.1, -0.05) is 12.1 Å². The Morgan fingerprint density at radius 3 is 2.56 bits per heavy atom. The topological polar surface area (TPSA) is 69.2 Å². The van der Waals surface area contributed by atoms with E-state index < -0.39 is 0 Å². The van der Waals surface area contributed by atoms with Crippen LogP contribution in [0.5, 0.6) is 17.2 Å². The number of carbonyl (C=O) groups is 1. The van der Waals surface area contributed by atoms with Gasteiger partial charge in [0.05, 0.1) is 19.2 Å². The van der Waals surface area contributed by atoms with Crippen molar-refractivity contribution in [1.29, 1.82) is 0 Å². The second-order valence-corrected chi connectivity index (χ2v) is 5.62. The van der Waals surface area contributed by atoms with Crippen molar-refractivity contribution in [1.82, 2.24) is 5.43 Å². The first-order valence-corrected chi connectivity index (χ1v) is 8.02. The Kier molecular flexibility index (Phi) is 5.18. The monoisotopic (exact) mass is 340 g/mol. The van der Waals surface area contributed by atoms with E-state index in [1.165, 1.54) is 0 Å². The summed E-state index contributed by atoms with van der Waals surface area (Å²) in [5.74, 6) is 2.01. The number of nitrogens with zero attached hydrogens (tertiary/aromatic N) is 1. The van der Waals surface area contributed by atoms with E-state index in [2.05, 4.69) is 10.5 Å². The highest BCUT2D eigenvalue weighted by molar-refractivity contribution is 5.99. The van der Waals surface area contributed by atoms with E-state index in [9.17, 15) is 4.79 Å². The molecule has 0 fully saturated rings. The number of benzene rings is 2. The minimum Gasteiger partial charge on any atom is -0.497 e. The van der Waals surface area contributed by atoms with Gasteiger partial charge in [-0.2, -0.15) is 5.10 Å². The number of nitrogens with one attached hydrogen (secondary N) is 1. The second kappa shape index (κ2) is 7.70. The maximum atomic E-state index is 12.0. The molecule has 0 aromatic heterocycles. The van der Waals surface area contributed by atoms with Crippen LogP contribution in [0.2, 0.25) is 0 Å². The molecular weight excluding hydrogens is 320 g/mol. The molecule has 0 spiro atoms. The molecule has 2 aromatic rings. The highest BCUT2D eigenvalue weighted by Gasteiger charge is 2.12. The third kappa shape index (κ3) is 4.29. The molecule has 1 amide bonds. The minimum absolute atomic E-state index is 0.179. The molecule has 6 heteroatoms. The van der Waals surface area contributed by atoms with Crippen molar-refractivity contribution in [3.63, 3.8) is 0 Å². The van der Waals surface area contributed by atoms with E-state index in [0.29, 0.717) is 24.7 Å². The summed E-state index contributed by atoms with van der Waals surface area (Å²) in [6.07, 6.45) is 0.252. The summed E-state index contributed by atoms with van der Waals surface area (Å²) < 4.78 is 16.2. The summed E-state index contributed by atoms with van der Waals surface area (Å²) in [5.41, 5.74) is 5.04. The molecule has 130 valence electrons. The van der Waals surface area contributed by atoms with Crippen LogP contribution < -0.4 is 19.6 Å². The summed E-state index contributed by atoms with van der Waals surface area (Å²) in [6, 6.07) is 13.0. The van der Waals surface area contributed by atoms with Crippen molar-refractivity contribution in [2.24, 2.45) is 5.10 Å². The summed E-state index contributed by atoms with van der Waals surface area (Å²) in [5, 5.41) is 4.17. The van der Waals surface area contributed by atoms with Gasteiger partial charge < -0.3 is 14.2 Å². The van der Waals surface area contributed by atoms with Gasteiger partial charge in [-0.3, -0.25) is 4.79 Å². The molecular formula is C19H20N2O4. The van der Waals surface area contributed by atoms with Crippen molar-refractivity contribution in [3.05, 3.63) is 53.6 Å². The van der Waals surface area contributed by atoms with Crippen LogP contribution in [0.4, 0.5) is 0 Å². The Balaban J connectivity index is 1.61. The highest BCUT2D eigenvalue weighted by Crippen LogP contribution is 2.30. The molecule has 0 atom stereocenters. The molecule has 0 aliphatic carbocycles. The Labute approximate surface area is 146 Å². The molecule has 6 nitrogen and oxygen atoms in total. The van der Waals surface area contributed by atoms with Gasteiger partial charge in [0.15, 0.2) is 11.5 Å².